The third kappa shape index (κ3) is 6.78. The lowest BCUT2D eigenvalue weighted by atomic mass is 9.86. The molecule has 0 saturated carbocycles. The molecule has 1 aliphatic heterocycles. The Morgan fingerprint density at radius 2 is 1.61 bits per heavy atom. The Kier molecular flexibility index (Phi) is 9.51. The molecule has 3 atom stereocenters. The van der Waals surface area contributed by atoms with Crippen LogP contribution >= 0.6 is 39.1 Å². The first-order chi connectivity index (χ1) is 19.2. The number of ketones is 1. The molecule has 0 saturated heterocycles. The Hall–Kier alpha value is -2.49. The predicted molar refractivity (Wildman–Crippen MR) is 166 cm³/mol. The van der Waals surface area contributed by atoms with Gasteiger partial charge in [0.25, 0.3) is 0 Å². The van der Waals surface area contributed by atoms with Crippen molar-refractivity contribution in [3.63, 3.8) is 0 Å². The van der Waals surface area contributed by atoms with Gasteiger partial charge in [-0.05, 0) is 63.2 Å². The van der Waals surface area contributed by atoms with E-state index in [9.17, 15) is 18.0 Å². The number of nitrogens with two attached hydrogens (primary N) is 1. The molecule has 0 aromatic heterocycles. The van der Waals surface area contributed by atoms with Crippen LogP contribution in [0.15, 0.2) is 93.8 Å². The standard InChI is InChI=1S/C31H31BrCl2N2O4S/c1-31(2,3)28-18-22(26(37)17-21(30(35)38)15-19-9-5-4-6-10-19)29(20-13-14-24(33)25(34)16-20)36(28)41(39,40)27-12-8-7-11-23(27)32/h4-14,16,18,21,28-29H,15,17H2,1-3H3,(H2,35,38)/t21-,28+,29?/m1/s1. The molecule has 3 aromatic carbocycles. The smallest absolute Gasteiger partial charge is 0.245 e. The van der Waals surface area contributed by atoms with Crippen molar-refractivity contribution in [3.05, 3.63) is 110 Å². The normalized spacial score (nSPS) is 18.6. The average Bonchev–Trinajstić information content (AvgIpc) is 3.33. The molecule has 1 aliphatic rings. The average molecular weight is 678 g/mol. The van der Waals surface area contributed by atoms with Crippen LogP contribution in [0.1, 0.15) is 44.4 Å². The zero-order valence-corrected chi connectivity index (χ0v) is 26.8. The second kappa shape index (κ2) is 12.4. The molecule has 3 aromatic rings. The maximum absolute atomic E-state index is 14.4. The van der Waals surface area contributed by atoms with Gasteiger partial charge < -0.3 is 5.73 Å². The van der Waals surface area contributed by atoms with Gasteiger partial charge in [-0.2, -0.15) is 4.31 Å². The van der Waals surface area contributed by atoms with Gasteiger partial charge in [-0.3, -0.25) is 9.59 Å². The topological polar surface area (TPSA) is 97.5 Å². The molecule has 1 amide bonds. The van der Waals surface area contributed by atoms with Crippen molar-refractivity contribution in [3.8, 4) is 0 Å². The number of rotatable bonds is 9. The summed E-state index contributed by atoms with van der Waals surface area (Å²) in [4.78, 5) is 26.6. The van der Waals surface area contributed by atoms with Crippen molar-refractivity contribution < 1.29 is 18.0 Å². The van der Waals surface area contributed by atoms with E-state index >= 15 is 0 Å². The fraction of sp³-hybridized carbons (Fsp3) is 0.290. The summed E-state index contributed by atoms with van der Waals surface area (Å²) in [5.41, 5.74) is 6.77. The molecule has 41 heavy (non-hydrogen) atoms. The summed E-state index contributed by atoms with van der Waals surface area (Å²) >= 11 is 16.0. The molecular weight excluding hydrogens is 647 g/mol. The monoisotopic (exact) mass is 676 g/mol. The molecule has 0 spiro atoms. The minimum atomic E-state index is -4.17. The molecule has 2 N–H and O–H groups in total. The lowest BCUT2D eigenvalue weighted by Gasteiger charge is -2.37. The maximum atomic E-state index is 14.4. The number of hydrogen-bond acceptors (Lipinski definition) is 4. The summed E-state index contributed by atoms with van der Waals surface area (Å²) in [5, 5.41) is 0.530. The highest BCUT2D eigenvalue weighted by atomic mass is 79.9. The van der Waals surface area contributed by atoms with Crippen LogP contribution in [0.2, 0.25) is 10.0 Å². The van der Waals surface area contributed by atoms with Crippen LogP contribution in [0.4, 0.5) is 0 Å². The molecule has 216 valence electrons. The van der Waals surface area contributed by atoms with Crippen LogP contribution in [0.5, 0.6) is 0 Å². The third-order valence-corrected chi connectivity index (χ3v) is 10.8. The number of amides is 1. The van der Waals surface area contributed by atoms with E-state index in [4.69, 9.17) is 28.9 Å². The number of Topliss-reactive ketones (excluding diaryl/α,β-unsaturated/α-hetero) is 1. The van der Waals surface area contributed by atoms with E-state index in [0.29, 0.717) is 15.1 Å². The van der Waals surface area contributed by atoms with Crippen LogP contribution in [-0.2, 0) is 26.0 Å². The number of halogens is 3. The summed E-state index contributed by atoms with van der Waals surface area (Å²) in [6, 6.07) is 19.0. The Morgan fingerprint density at radius 1 is 0.976 bits per heavy atom. The van der Waals surface area contributed by atoms with Gasteiger partial charge in [-0.25, -0.2) is 8.42 Å². The van der Waals surface area contributed by atoms with Gasteiger partial charge in [-0.15, -0.1) is 0 Å². The SMILES string of the molecule is CC(C)(C)[C@@H]1C=C(C(=O)C[C@@H](Cc2ccccc2)C(N)=O)C(c2ccc(Cl)c(Cl)c2)N1S(=O)(=O)c1ccccc1Br. The van der Waals surface area contributed by atoms with Crippen molar-refractivity contribution >= 4 is 60.8 Å². The van der Waals surface area contributed by atoms with Crippen LogP contribution in [0.3, 0.4) is 0 Å². The van der Waals surface area contributed by atoms with Crippen molar-refractivity contribution in [2.45, 2.75) is 50.6 Å². The van der Waals surface area contributed by atoms with Gasteiger partial charge in [0.2, 0.25) is 15.9 Å². The van der Waals surface area contributed by atoms with Crippen LogP contribution < -0.4 is 5.73 Å². The molecule has 0 fully saturated rings. The largest absolute Gasteiger partial charge is 0.369 e. The molecule has 4 rings (SSSR count). The van der Waals surface area contributed by atoms with Gasteiger partial charge in [0.05, 0.1) is 21.0 Å². The number of hydrogen-bond donors (Lipinski definition) is 1. The lowest BCUT2D eigenvalue weighted by molar-refractivity contribution is -0.126. The van der Waals surface area contributed by atoms with Crippen LogP contribution in [-0.4, -0.2) is 30.5 Å². The minimum Gasteiger partial charge on any atom is -0.369 e. The molecule has 0 radical (unpaired) electrons. The van der Waals surface area contributed by atoms with Gasteiger partial charge in [-0.1, -0.05) is 98.6 Å². The Balaban J connectivity index is 1.85. The van der Waals surface area contributed by atoms with Crippen molar-refractivity contribution in [1.29, 1.82) is 0 Å². The van der Waals surface area contributed by atoms with E-state index in [1.165, 1.54) is 10.4 Å². The van der Waals surface area contributed by atoms with Gasteiger partial charge in [0, 0.05) is 28.4 Å². The summed E-state index contributed by atoms with van der Waals surface area (Å²) in [6.07, 6.45) is 1.83. The summed E-state index contributed by atoms with van der Waals surface area (Å²) in [7, 11) is -4.17. The molecule has 1 unspecified atom stereocenters. The Morgan fingerprint density at radius 3 is 2.20 bits per heavy atom. The summed E-state index contributed by atoms with van der Waals surface area (Å²) < 4.78 is 30.6. The number of benzene rings is 3. The number of sulfonamides is 1. The van der Waals surface area contributed by atoms with Crippen LogP contribution in [0.25, 0.3) is 0 Å². The molecule has 0 aliphatic carbocycles. The fourth-order valence-corrected chi connectivity index (χ4v) is 8.27. The Labute approximate surface area is 259 Å². The summed E-state index contributed by atoms with van der Waals surface area (Å²) in [5.74, 6) is -1.74. The van der Waals surface area contributed by atoms with E-state index < -0.39 is 39.3 Å². The molecule has 0 bridgehead atoms. The highest BCUT2D eigenvalue weighted by Crippen LogP contribution is 2.48. The van der Waals surface area contributed by atoms with Crippen molar-refractivity contribution in [2.75, 3.05) is 0 Å². The van der Waals surface area contributed by atoms with Gasteiger partial charge >= 0.3 is 0 Å². The van der Waals surface area contributed by atoms with Gasteiger partial charge in [0.15, 0.2) is 5.78 Å². The van der Waals surface area contributed by atoms with Crippen molar-refractivity contribution in [2.24, 2.45) is 17.1 Å². The highest BCUT2D eigenvalue weighted by Gasteiger charge is 2.50. The number of nitrogens with zero attached hydrogens (tertiary/aromatic N) is 1. The van der Waals surface area contributed by atoms with E-state index in [1.54, 1.807) is 42.5 Å². The lowest BCUT2D eigenvalue weighted by Crippen LogP contribution is -2.45. The third-order valence-electron chi connectivity index (χ3n) is 7.18. The quantitative estimate of drug-likeness (QED) is 0.260. The Bertz CT molecular complexity index is 1600. The zero-order valence-electron chi connectivity index (χ0n) is 22.9. The highest BCUT2D eigenvalue weighted by molar-refractivity contribution is 9.10. The molecule has 6 nitrogen and oxygen atoms in total. The summed E-state index contributed by atoms with van der Waals surface area (Å²) in [6.45, 7) is 5.74. The number of carbonyl (C=O) groups excluding carboxylic acids is 2. The van der Waals surface area contributed by atoms with E-state index in [2.05, 4.69) is 15.9 Å². The number of carbonyl (C=O) groups is 2. The zero-order chi connectivity index (χ0) is 30.1. The molecular formula is C31H31BrCl2N2O4S. The van der Waals surface area contributed by atoms with E-state index in [1.807, 2.05) is 51.1 Å². The maximum Gasteiger partial charge on any atom is 0.245 e. The van der Waals surface area contributed by atoms with E-state index in [-0.39, 0.29) is 34.1 Å². The first-order valence-electron chi connectivity index (χ1n) is 13.0. The molecule has 10 heteroatoms. The first-order valence-corrected chi connectivity index (χ1v) is 16.0. The van der Waals surface area contributed by atoms with Gasteiger partial charge in [0.1, 0.15) is 0 Å². The second-order valence-corrected chi connectivity index (χ2v) is 14.7. The minimum absolute atomic E-state index is 0.0699. The first kappa shape index (κ1) is 31.4. The fourth-order valence-electron chi connectivity index (χ4n) is 5.09. The predicted octanol–water partition coefficient (Wildman–Crippen LogP) is 7.15. The van der Waals surface area contributed by atoms with Crippen molar-refractivity contribution in [1.82, 2.24) is 4.31 Å². The number of primary amides is 1. The van der Waals surface area contributed by atoms with Crippen LogP contribution in [0, 0.1) is 11.3 Å². The van der Waals surface area contributed by atoms with E-state index in [0.717, 1.165) is 5.56 Å². The second-order valence-electron chi connectivity index (χ2n) is 11.2. The molecule has 1 heterocycles.